The Hall–Kier alpha value is -2.62. The molecule has 0 saturated carbocycles. The predicted molar refractivity (Wildman–Crippen MR) is 97.4 cm³/mol. The summed E-state index contributed by atoms with van der Waals surface area (Å²) >= 11 is 1.22. The highest BCUT2D eigenvalue weighted by molar-refractivity contribution is 7.99. The van der Waals surface area contributed by atoms with E-state index in [0.29, 0.717) is 18.2 Å². The third-order valence-electron chi connectivity index (χ3n) is 3.53. The molecule has 1 N–H and O–H groups in total. The first kappa shape index (κ1) is 19.7. The average Bonchev–Trinajstić information content (AvgIpc) is 3.13. The van der Waals surface area contributed by atoms with Gasteiger partial charge in [-0.25, -0.2) is 0 Å². The Bertz CT molecular complexity index is 734. The van der Waals surface area contributed by atoms with Crippen LogP contribution in [-0.2, 0) is 9.59 Å². The SMILES string of the molecule is CCNC(=O)CN(CC)C(=O)CSc1nnnn1-c1ccc(OC)cc1. The highest BCUT2D eigenvalue weighted by atomic mass is 32.2. The Morgan fingerprint density at radius 1 is 1.27 bits per heavy atom. The Kier molecular flexibility index (Phi) is 7.39. The molecule has 0 aliphatic carbocycles. The standard InChI is InChI=1S/C16H22N6O3S/c1-4-17-14(23)10-21(5-2)15(24)11-26-16-18-19-20-22(16)12-6-8-13(25-3)9-7-12/h6-9H,4-5,10-11H2,1-3H3,(H,17,23). The fourth-order valence-corrected chi connectivity index (χ4v) is 2.97. The topological polar surface area (TPSA) is 102 Å². The third kappa shape index (κ3) is 5.19. The highest BCUT2D eigenvalue weighted by Crippen LogP contribution is 2.20. The number of thioether (sulfide) groups is 1. The first-order valence-corrected chi connectivity index (χ1v) is 9.17. The van der Waals surface area contributed by atoms with Crippen molar-refractivity contribution >= 4 is 23.6 Å². The van der Waals surface area contributed by atoms with E-state index in [-0.39, 0.29) is 24.1 Å². The van der Waals surface area contributed by atoms with Crippen LogP contribution in [0.3, 0.4) is 0 Å². The Morgan fingerprint density at radius 2 is 2.00 bits per heavy atom. The van der Waals surface area contributed by atoms with E-state index in [4.69, 9.17) is 4.74 Å². The molecule has 9 nitrogen and oxygen atoms in total. The van der Waals surface area contributed by atoms with Gasteiger partial charge in [0.1, 0.15) is 5.75 Å². The molecule has 0 radical (unpaired) electrons. The Balaban J connectivity index is 1.99. The summed E-state index contributed by atoms with van der Waals surface area (Å²) in [4.78, 5) is 25.6. The number of nitrogens with one attached hydrogen (secondary N) is 1. The molecule has 140 valence electrons. The molecule has 2 aromatic rings. The van der Waals surface area contributed by atoms with E-state index in [1.54, 1.807) is 11.8 Å². The van der Waals surface area contributed by atoms with Gasteiger partial charge in [0.05, 0.1) is 25.1 Å². The van der Waals surface area contributed by atoms with Crippen molar-refractivity contribution in [2.75, 3.05) is 32.5 Å². The van der Waals surface area contributed by atoms with Gasteiger partial charge in [0.15, 0.2) is 0 Å². The van der Waals surface area contributed by atoms with Gasteiger partial charge in [-0.2, -0.15) is 4.68 Å². The number of ether oxygens (including phenoxy) is 1. The number of aromatic nitrogens is 4. The van der Waals surface area contributed by atoms with Gasteiger partial charge < -0.3 is 15.0 Å². The summed E-state index contributed by atoms with van der Waals surface area (Å²) in [5.41, 5.74) is 0.764. The molecule has 0 bridgehead atoms. The molecule has 0 fully saturated rings. The summed E-state index contributed by atoms with van der Waals surface area (Å²) in [5, 5.41) is 14.8. The first-order chi connectivity index (χ1) is 12.6. The second-order valence-electron chi connectivity index (χ2n) is 5.22. The maximum Gasteiger partial charge on any atom is 0.239 e. The van der Waals surface area contributed by atoms with Gasteiger partial charge in [0.25, 0.3) is 0 Å². The van der Waals surface area contributed by atoms with Gasteiger partial charge in [-0.05, 0) is 48.5 Å². The molecule has 26 heavy (non-hydrogen) atoms. The molecule has 1 aromatic heterocycles. The van der Waals surface area contributed by atoms with Gasteiger partial charge in [0.2, 0.25) is 17.0 Å². The number of rotatable bonds is 9. The van der Waals surface area contributed by atoms with Crippen LogP contribution in [0.25, 0.3) is 5.69 Å². The number of carbonyl (C=O) groups is 2. The normalized spacial score (nSPS) is 10.4. The second-order valence-corrected chi connectivity index (χ2v) is 6.16. The number of likely N-dealkylation sites (N-methyl/N-ethyl adjacent to an activating group) is 2. The maximum atomic E-state index is 12.4. The van der Waals surface area contributed by atoms with Crippen molar-refractivity contribution in [1.82, 2.24) is 30.4 Å². The van der Waals surface area contributed by atoms with E-state index in [2.05, 4.69) is 20.8 Å². The van der Waals surface area contributed by atoms with Gasteiger partial charge in [0, 0.05) is 13.1 Å². The molecule has 0 saturated heterocycles. The first-order valence-electron chi connectivity index (χ1n) is 8.19. The van der Waals surface area contributed by atoms with Crippen molar-refractivity contribution in [1.29, 1.82) is 0 Å². The average molecular weight is 378 g/mol. The van der Waals surface area contributed by atoms with Crippen LogP contribution in [0.2, 0.25) is 0 Å². The number of hydrogen-bond acceptors (Lipinski definition) is 7. The van der Waals surface area contributed by atoms with Crippen molar-refractivity contribution in [3.05, 3.63) is 24.3 Å². The highest BCUT2D eigenvalue weighted by Gasteiger charge is 2.17. The molecule has 1 heterocycles. The molecular formula is C16H22N6O3S. The third-order valence-corrected chi connectivity index (χ3v) is 4.43. The van der Waals surface area contributed by atoms with Crippen LogP contribution < -0.4 is 10.1 Å². The molecule has 0 aliphatic rings. The fraction of sp³-hybridized carbons (Fsp3) is 0.438. The number of hydrogen-bond donors (Lipinski definition) is 1. The summed E-state index contributed by atoms with van der Waals surface area (Å²) < 4.78 is 6.69. The van der Waals surface area contributed by atoms with E-state index in [9.17, 15) is 9.59 Å². The van der Waals surface area contributed by atoms with E-state index >= 15 is 0 Å². The quantitative estimate of drug-likeness (QED) is 0.642. The van der Waals surface area contributed by atoms with Crippen LogP contribution in [0.15, 0.2) is 29.4 Å². The molecule has 0 aliphatic heterocycles. The van der Waals surface area contributed by atoms with Gasteiger partial charge in [-0.3, -0.25) is 9.59 Å². The van der Waals surface area contributed by atoms with E-state index < -0.39 is 0 Å². The molecule has 0 unspecified atom stereocenters. The van der Waals surface area contributed by atoms with Crippen LogP contribution in [0.4, 0.5) is 0 Å². The minimum atomic E-state index is -0.171. The lowest BCUT2D eigenvalue weighted by atomic mass is 10.3. The van der Waals surface area contributed by atoms with Gasteiger partial charge >= 0.3 is 0 Å². The van der Waals surface area contributed by atoms with Crippen molar-refractivity contribution in [3.8, 4) is 11.4 Å². The zero-order valence-electron chi connectivity index (χ0n) is 15.0. The van der Waals surface area contributed by atoms with Crippen molar-refractivity contribution in [2.45, 2.75) is 19.0 Å². The monoisotopic (exact) mass is 378 g/mol. The van der Waals surface area contributed by atoms with Crippen LogP contribution in [-0.4, -0.2) is 69.4 Å². The van der Waals surface area contributed by atoms with E-state index in [1.807, 2.05) is 38.1 Å². The van der Waals surface area contributed by atoms with Crippen LogP contribution in [0.5, 0.6) is 5.75 Å². The molecule has 2 rings (SSSR count). The van der Waals surface area contributed by atoms with Gasteiger partial charge in [-0.15, -0.1) is 5.10 Å². The van der Waals surface area contributed by atoms with Gasteiger partial charge in [-0.1, -0.05) is 11.8 Å². The number of methoxy groups -OCH3 is 1. The molecule has 10 heteroatoms. The summed E-state index contributed by atoms with van der Waals surface area (Å²) in [6.07, 6.45) is 0. The van der Waals surface area contributed by atoms with Crippen LogP contribution in [0.1, 0.15) is 13.8 Å². The number of amides is 2. The largest absolute Gasteiger partial charge is 0.497 e. The van der Waals surface area contributed by atoms with Crippen LogP contribution in [0, 0.1) is 0 Å². The van der Waals surface area contributed by atoms with Crippen LogP contribution >= 0.6 is 11.8 Å². The Labute approximate surface area is 156 Å². The zero-order chi connectivity index (χ0) is 18.9. The van der Waals surface area contributed by atoms with E-state index in [1.165, 1.54) is 16.7 Å². The summed E-state index contributed by atoms with van der Waals surface area (Å²) in [7, 11) is 1.60. The lowest BCUT2D eigenvalue weighted by Gasteiger charge is -2.19. The van der Waals surface area contributed by atoms with E-state index in [0.717, 1.165) is 11.4 Å². The number of tetrazole rings is 1. The molecule has 2 amide bonds. The lowest BCUT2D eigenvalue weighted by molar-refractivity contribution is -0.133. The maximum absolute atomic E-state index is 12.4. The number of nitrogens with zero attached hydrogens (tertiary/aromatic N) is 5. The molecular weight excluding hydrogens is 356 g/mol. The van der Waals surface area contributed by atoms with Crippen molar-refractivity contribution in [3.63, 3.8) is 0 Å². The summed E-state index contributed by atoms with van der Waals surface area (Å²) in [5.74, 6) is 0.558. The smallest absolute Gasteiger partial charge is 0.239 e. The number of benzene rings is 1. The molecule has 1 aromatic carbocycles. The molecule has 0 spiro atoms. The molecule has 0 atom stereocenters. The summed E-state index contributed by atoms with van der Waals surface area (Å²) in [6, 6.07) is 7.27. The Morgan fingerprint density at radius 3 is 2.62 bits per heavy atom. The number of carbonyl (C=O) groups excluding carboxylic acids is 2. The second kappa shape index (κ2) is 9.76. The lowest BCUT2D eigenvalue weighted by Crippen LogP contribution is -2.41. The minimum Gasteiger partial charge on any atom is -0.497 e. The zero-order valence-corrected chi connectivity index (χ0v) is 15.8. The van der Waals surface area contributed by atoms with Crippen molar-refractivity contribution < 1.29 is 14.3 Å². The minimum absolute atomic E-state index is 0.0488. The predicted octanol–water partition coefficient (Wildman–Crippen LogP) is 0.748. The summed E-state index contributed by atoms with van der Waals surface area (Å²) in [6.45, 7) is 4.72. The van der Waals surface area contributed by atoms with Crippen molar-refractivity contribution in [2.24, 2.45) is 0 Å². The fourth-order valence-electron chi connectivity index (χ4n) is 2.17.